The average molecular weight is 348 g/mol. The third-order valence-corrected chi connectivity index (χ3v) is 4.64. The van der Waals surface area contributed by atoms with Gasteiger partial charge in [0, 0.05) is 11.3 Å². The fourth-order valence-electron chi connectivity index (χ4n) is 2.87. The first-order valence-corrected chi connectivity index (χ1v) is 8.80. The minimum atomic E-state index is -0.310. The van der Waals surface area contributed by atoms with E-state index in [4.69, 9.17) is 5.73 Å². The molecule has 26 heavy (non-hydrogen) atoms. The fourth-order valence-corrected chi connectivity index (χ4v) is 2.87. The summed E-state index contributed by atoms with van der Waals surface area (Å²) in [6.07, 6.45) is 7.61. The highest BCUT2D eigenvalue weighted by atomic mass is 16.1. The molecule has 0 bridgehead atoms. The lowest BCUT2D eigenvalue weighted by molar-refractivity contribution is -0.121. The van der Waals surface area contributed by atoms with Crippen molar-refractivity contribution < 1.29 is 4.79 Å². The van der Waals surface area contributed by atoms with Crippen molar-refractivity contribution in [1.29, 1.82) is 0 Å². The summed E-state index contributed by atoms with van der Waals surface area (Å²) in [5.41, 5.74) is 10.1. The van der Waals surface area contributed by atoms with Crippen molar-refractivity contribution in [1.82, 2.24) is 15.3 Å². The number of nitrogen functional groups attached to an aromatic ring is 1. The number of amides is 1. The van der Waals surface area contributed by atoms with E-state index in [1.54, 1.807) is 6.20 Å². The highest BCUT2D eigenvalue weighted by Crippen LogP contribution is 2.36. The molecule has 1 atom stereocenters. The summed E-state index contributed by atoms with van der Waals surface area (Å²) < 4.78 is 0. The lowest BCUT2D eigenvalue weighted by atomic mass is 9.97. The van der Waals surface area contributed by atoms with E-state index in [-0.39, 0.29) is 11.8 Å². The molecule has 0 saturated heterocycles. The van der Waals surface area contributed by atoms with Crippen LogP contribution in [0, 0.1) is 5.92 Å². The second-order valence-electron chi connectivity index (χ2n) is 6.85. The fraction of sp³-hybridized carbons (Fsp3) is 0.286. The minimum Gasteiger partial charge on any atom is -0.382 e. The van der Waals surface area contributed by atoms with Crippen LogP contribution in [0.3, 0.4) is 0 Å². The van der Waals surface area contributed by atoms with Gasteiger partial charge in [0.25, 0.3) is 0 Å². The molecule has 5 nitrogen and oxygen atoms in total. The number of allylic oxidation sites excluding steroid dienone is 2. The Morgan fingerprint density at radius 2 is 2.15 bits per heavy atom. The number of rotatable bonds is 6. The number of carbonyl (C=O) groups excluding carboxylic acids is 1. The zero-order valence-corrected chi connectivity index (χ0v) is 15.2. The van der Waals surface area contributed by atoms with E-state index < -0.39 is 0 Å². The summed E-state index contributed by atoms with van der Waals surface area (Å²) >= 11 is 0. The Labute approximate surface area is 154 Å². The maximum atomic E-state index is 12.6. The smallest absolute Gasteiger partial charge is 0.231 e. The second kappa shape index (κ2) is 7.52. The van der Waals surface area contributed by atoms with Crippen molar-refractivity contribution in [3.63, 3.8) is 0 Å². The Balaban J connectivity index is 1.72. The van der Waals surface area contributed by atoms with Crippen LogP contribution in [0.25, 0.3) is 11.3 Å². The maximum Gasteiger partial charge on any atom is 0.231 e. The average Bonchev–Trinajstić information content (AvgIpc) is 3.46. The molecule has 0 spiro atoms. The number of aromatic nitrogens is 2. The first-order chi connectivity index (χ1) is 12.4. The van der Waals surface area contributed by atoms with Crippen molar-refractivity contribution >= 4 is 11.7 Å². The van der Waals surface area contributed by atoms with Gasteiger partial charge in [-0.25, -0.2) is 4.98 Å². The molecule has 5 heteroatoms. The Morgan fingerprint density at radius 1 is 1.38 bits per heavy atom. The number of nitrogens with zero attached hydrogens (tertiary/aromatic N) is 2. The molecule has 1 saturated carbocycles. The molecule has 134 valence electrons. The SMILES string of the molecule is C=C(/C=C(\C)C1CC1)NC(=O)C(C)c1cccc(-c2cncc(N)n2)c1. The van der Waals surface area contributed by atoms with E-state index in [1.807, 2.05) is 37.3 Å². The van der Waals surface area contributed by atoms with Crippen molar-refractivity contribution in [2.24, 2.45) is 5.92 Å². The molecule has 0 radical (unpaired) electrons. The zero-order chi connectivity index (χ0) is 18.7. The number of nitrogens with one attached hydrogen (secondary N) is 1. The summed E-state index contributed by atoms with van der Waals surface area (Å²) in [6, 6.07) is 7.72. The van der Waals surface area contributed by atoms with E-state index in [1.165, 1.54) is 24.6 Å². The monoisotopic (exact) mass is 348 g/mol. The van der Waals surface area contributed by atoms with Crippen molar-refractivity contribution in [3.8, 4) is 11.3 Å². The number of hydrogen-bond donors (Lipinski definition) is 2. The molecular weight excluding hydrogens is 324 g/mol. The molecule has 1 aliphatic rings. The molecule has 3 rings (SSSR count). The van der Waals surface area contributed by atoms with Crippen LogP contribution < -0.4 is 11.1 Å². The Morgan fingerprint density at radius 3 is 2.85 bits per heavy atom. The van der Waals surface area contributed by atoms with Gasteiger partial charge in [0.2, 0.25) is 5.91 Å². The molecule has 0 aliphatic heterocycles. The summed E-state index contributed by atoms with van der Waals surface area (Å²) in [4.78, 5) is 20.9. The summed E-state index contributed by atoms with van der Waals surface area (Å²) in [6.45, 7) is 7.93. The van der Waals surface area contributed by atoms with Gasteiger partial charge in [-0.15, -0.1) is 0 Å². The van der Waals surface area contributed by atoms with Gasteiger partial charge >= 0.3 is 0 Å². The summed E-state index contributed by atoms with van der Waals surface area (Å²) in [7, 11) is 0. The van der Waals surface area contributed by atoms with Gasteiger partial charge in [-0.05, 0) is 50.3 Å². The minimum absolute atomic E-state index is 0.0781. The first-order valence-electron chi connectivity index (χ1n) is 8.80. The van der Waals surface area contributed by atoms with Gasteiger partial charge < -0.3 is 11.1 Å². The summed E-state index contributed by atoms with van der Waals surface area (Å²) in [5.74, 6) is 0.644. The Kier molecular flexibility index (Phi) is 5.16. The van der Waals surface area contributed by atoms with Gasteiger partial charge in [0.1, 0.15) is 5.82 Å². The lowest BCUT2D eigenvalue weighted by Crippen LogP contribution is -2.26. The van der Waals surface area contributed by atoms with Gasteiger partial charge in [-0.2, -0.15) is 0 Å². The molecular formula is C21H24N4O. The maximum absolute atomic E-state index is 12.6. The van der Waals surface area contributed by atoms with Crippen LogP contribution in [0.1, 0.15) is 38.2 Å². The quantitative estimate of drug-likeness (QED) is 0.778. The van der Waals surface area contributed by atoms with Crippen LogP contribution in [-0.4, -0.2) is 15.9 Å². The van der Waals surface area contributed by atoms with Crippen LogP contribution in [0.5, 0.6) is 0 Å². The number of hydrogen-bond acceptors (Lipinski definition) is 4. The number of anilines is 1. The predicted molar refractivity (Wildman–Crippen MR) is 104 cm³/mol. The normalized spacial score (nSPS) is 15.4. The van der Waals surface area contributed by atoms with Crippen LogP contribution in [0.2, 0.25) is 0 Å². The van der Waals surface area contributed by atoms with Gasteiger partial charge in [-0.1, -0.05) is 30.4 Å². The van der Waals surface area contributed by atoms with Crippen LogP contribution in [0.15, 0.2) is 60.6 Å². The standard InChI is InChI=1S/C21H24N4O/c1-13(16-7-8-16)9-14(2)24-21(26)15(3)17-5-4-6-18(10-17)19-11-23-12-20(22)25-19/h4-6,9-12,15-16H,2,7-8H2,1,3H3,(H2,22,25)(H,24,26)/b13-9+. The van der Waals surface area contributed by atoms with Crippen LogP contribution in [-0.2, 0) is 4.79 Å². The van der Waals surface area contributed by atoms with Crippen LogP contribution >= 0.6 is 0 Å². The summed E-state index contributed by atoms with van der Waals surface area (Å²) in [5, 5.41) is 2.90. The molecule has 1 amide bonds. The van der Waals surface area contributed by atoms with Crippen molar-refractivity contribution in [3.05, 3.63) is 66.1 Å². The molecule has 1 unspecified atom stereocenters. The number of carbonyl (C=O) groups is 1. The zero-order valence-electron chi connectivity index (χ0n) is 15.2. The van der Waals surface area contributed by atoms with E-state index in [0.717, 1.165) is 11.1 Å². The number of nitrogens with two attached hydrogens (primary N) is 1. The molecule has 1 aromatic heterocycles. The van der Waals surface area contributed by atoms with Gasteiger partial charge in [0.15, 0.2) is 0 Å². The largest absolute Gasteiger partial charge is 0.382 e. The highest BCUT2D eigenvalue weighted by Gasteiger charge is 2.23. The van der Waals surface area contributed by atoms with Gasteiger partial charge in [0.05, 0.1) is 24.0 Å². The Bertz CT molecular complexity index is 868. The van der Waals surface area contributed by atoms with Crippen molar-refractivity contribution in [2.45, 2.75) is 32.6 Å². The van der Waals surface area contributed by atoms with E-state index in [2.05, 4.69) is 28.8 Å². The van der Waals surface area contributed by atoms with E-state index >= 15 is 0 Å². The molecule has 1 aliphatic carbocycles. The number of benzene rings is 1. The highest BCUT2D eigenvalue weighted by molar-refractivity contribution is 5.85. The van der Waals surface area contributed by atoms with Crippen LogP contribution in [0.4, 0.5) is 5.82 Å². The van der Waals surface area contributed by atoms with Gasteiger partial charge in [-0.3, -0.25) is 9.78 Å². The van der Waals surface area contributed by atoms with E-state index in [9.17, 15) is 4.79 Å². The third-order valence-electron chi connectivity index (χ3n) is 4.64. The second-order valence-corrected chi connectivity index (χ2v) is 6.85. The lowest BCUT2D eigenvalue weighted by Gasteiger charge is -2.14. The third kappa shape index (κ3) is 4.36. The van der Waals surface area contributed by atoms with E-state index in [0.29, 0.717) is 23.1 Å². The Hall–Kier alpha value is -2.95. The molecule has 1 fully saturated rings. The predicted octanol–water partition coefficient (Wildman–Crippen LogP) is 3.82. The topological polar surface area (TPSA) is 80.9 Å². The molecule has 3 N–H and O–H groups in total. The van der Waals surface area contributed by atoms with Crippen molar-refractivity contribution in [2.75, 3.05) is 5.73 Å². The molecule has 1 aromatic carbocycles. The molecule has 2 aromatic rings. The first kappa shape index (κ1) is 17.9. The molecule has 1 heterocycles.